The van der Waals surface area contributed by atoms with Gasteiger partial charge in [0.05, 0.1) is 17.8 Å². The second-order valence-corrected chi connectivity index (χ2v) is 9.16. The molecule has 2 saturated heterocycles. The average Bonchev–Trinajstić information content (AvgIpc) is 2.98. The van der Waals surface area contributed by atoms with Crippen LogP contribution in [0.5, 0.6) is 0 Å². The van der Waals surface area contributed by atoms with Crippen LogP contribution in [0.25, 0.3) is 0 Å². The summed E-state index contributed by atoms with van der Waals surface area (Å²) >= 11 is 0. The highest BCUT2D eigenvalue weighted by Gasteiger charge is 2.56. The lowest BCUT2D eigenvalue weighted by Gasteiger charge is -2.38. The van der Waals surface area contributed by atoms with Gasteiger partial charge in [0.15, 0.2) is 0 Å². The van der Waals surface area contributed by atoms with Crippen LogP contribution in [0.2, 0.25) is 0 Å². The van der Waals surface area contributed by atoms with E-state index in [0.29, 0.717) is 19.0 Å². The summed E-state index contributed by atoms with van der Waals surface area (Å²) in [6, 6.07) is 10.2. The molecule has 3 aliphatic rings. The van der Waals surface area contributed by atoms with Crippen molar-refractivity contribution in [3.63, 3.8) is 0 Å². The Labute approximate surface area is 185 Å². The van der Waals surface area contributed by atoms with E-state index >= 15 is 0 Å². The number of allylic oxidation sites excluding steroid dienone is 1. The summed E-state index contributed by atoms with van der Waals surface area (Å²) in [4.78, 5) is 40.8. The number of imide groups is 1. The Bertz CT molecular complexity index is 907. The quantitative estimate of drug-likeness (QED) is 0.524. The lowest BCUT2D eigenvalue weighted by Crippen LogP contribution is -2.48. The van der Waals surface area contributed by atoms with Crippen LogP contribution in [0.4, 0.5) is 13.2 Å². The van der Waals surface area contributed by atoms with Gasteiger partial charge in [0.1, 0.15) is 6.54 Å². The summed E-state index contributed by atoms with van der Waals surface area (Å²) in [5.74, 6) is -4.71. The Morgan fingerprint density at radius 2 is 1.69 bits per heavy atom. The summed E-state index contributed by atoms with van der Waals surface area (Å²) < 4.78 is 38.7. The second-order valence-electron chi connectivity index (χ2n) is 9.16. The van der Waals surface area contributed by atoms with Crippen LogP contribution >= 0.6 is 0 Å². The van der Waals surface area contributed by atoms with Crippen molar-refractivity contribution in [2.45, 2.75) is 32.4 Å². The van der Waals surface area contributed by atoms with Crippen molar-refractivity contribution in [3.05, 3.63) is 48.0 Å². The van der Waals surface area contributed by atoms with Crippen molar-refractivity contribution >= 4 is 17.7 Å². The molecule has 4 unspecified atom stereocenters. The standard InChI is InChI=1S/C24H27F3N2O3/c1-15-7-8-18-20(23(32)29(21(18)30)14-24(25,26)27)19(15)22(31)28-11-9-17(10-12-28)13-16-5-3-2-4-6-16/h2-8,15,17-20H,9-14H2,1H3. The Balaban J connectivity index is 1.44. The van der Waals surface area contributed by atoms with E-state index in [2.05, 4.69) is 12.1 Å². The Morgan fingerprint density at radius 3 is 2.31 bits per heavy atom. The number of hydrogen-bond acceptors (Lipinski definition) is 3. The molecule has 0 N–H and O–H groups in total. The van der Waals surface area contributed by atoms with Gasteiger partial charge in [-0.3, -0.25) is 19.3 Å². The van der Waals surface area contributed by atoms with E-state index in [9.17, 15) is 27.6 Å². The fraction of sp³-hybridized carbons (Fsp3) is 0.542. The first-order valence-corrected chi connectivity index (χ1v) is 11.1. The number of hydrogen-bond donors (Lipinski definition) is 0. The minimum atomic E-state index is -4.67. The zero-order valence-electron chi connectivity index (χ0n) is 17.9. The molecule has 1 aromatic carbocycles. The number of rotatable bonds is 4. The molecule has 0 saturated carbocycles. The number of likely N-dealkylation sites (tertiary alicyclic amines) is 2. The Hall–Kier alpha value is -2.64. The lowest BCUT2D eigenvalue weighted by atomic mass is 9.71. The van der Waals surface area contributed by atoms with Gasteiger partial charge in [-0.1, -0.05) is 49.4 Å². The number of nitrogens with zero attached hydrogens (tertiary/aromatic N) is 2. The van der Waals surface area contributed by atoms with Crippen molar-refractivity contribution in [1.29, 1.82) is 0 Å². The van der Waals surface area contributed by atoms with Gasteiger partial charge in [-0.2, -0.15) is 13.2 Å². The van der Waals surface area contributed by atoms with Gasteiger partial charge < -0.3 is 4.90 Å². The van der Waals surface area contributed by atoms with Gasteiger partial charge in [-0.25, -0.2) is 0 Å². The van der Waals surface area contributed by atoms with Crippen molar-refractivity contribution in [2.75, 3.05) is 19.6 Å². The van der Waals surface area contributed by atoms with Crippen molar-refractivity contribution < 1.29 is 27.6 Å². The third-order valence-corrected chi connectivity index (χ3v) is 6.98. The summed E-state index contributed by atoms with van der Waals surface area (Å²) in [6.07, 6.45) is 1.12. The van der Waals surface area contributed by atoms with Crippen LogP contribution < -0.4 is 0 Å². The third-order valence-electron chi connectivity index (χ3n) is 6.98. The van der Waals surface area contributed by atoms with E-state index < -0.39 is 42.3 Å². The molecular weight excluding hydrogens is 421 g/mol. The van der Waals surface area contributed by atoms with Gasteiger partial charge in [-0.05, 0) is 36.7 Å². The number of fused-ring (bicyclic) bond motifs is 1. The van der Waals surface area contributed by atoms with Gasteiger partial charge >= 0.3 is 6.18 Å². The Morgan fingerprint density at radius 1 is 1.03 bits per heavy atom. The van der Waals surface area contributed by atoms with E-state index in [0.717, 1.165) is 19.3 Å². The number of halogens is 3. The molecule has 1 aliphatic carbocycles. The summed E-state index contributed by atoms with van der Waals surface area (Å²) in [5.41, 5.74) is 1.26. The highest BCUT2D eigenvalue weighted by atomic mass is 19.4. The lowest BCUT2D eigenvalue weighted by molar-refractivity contribution is -0.167. The van der Waals surface area contributed by atoms with E-state index in [1.54, 1.807) is 17.9 Å². The number of alkyl halides is 3. The predicted octanol–water partition coefficient (Wildman–Crippen LogP) is 3.45. The molecule has 4 atom stereocenters. The molecule has 2 heterocycles. The molecule has 5 nitrogen and oxygen atoms in total. The van der Waals surface area contributed by atoms with Crippen LogP contribution in [-0.2, 0) is 20.8 Å². The molecular formula is C24H27F3N2O3. The molecule has 4 rings (SSSR count). The average molecular weight is 448 g/mol. The first-order valence-electron chi connectivity index (χ1n) is 11.1. The minimum Gasteiger partial charge on any atom is -0.342 e. The molecule has 8 heteroatoms. The fourth-order valence-electron chi connectivity index (χ4n) is 5.33. The van der Waals surface area contributed by atoms with Crippen molar-refractivity contribution in [1.82, 2.24) is 9.80 Å². The molecule has 0 aromatic heterocycles. The first-order chi connectivity index (χ1) is 15.2. The first kappa shape index (κ1) is 22.6. The van der Waals surface area contributed by atoms with Crippen LogP contribution in [0.15, 0.2) is 42.5 Å². The molecule has 2 aliphatic heterocycles. The number of carbonyl (C=O) groups excluding carboxylic acids is 3. The SMILES string of the molecule is CC1C=CC2C(=O)N(CC(F)(F)F)C(=O)C2C1C(=O)N1CCC(Cc2ccccc2)CC1. The van der Waals surface area contributed by atoms with E-state index in [-0.39, 0.29) is 16.7 Å². The van der Waals surface area contributed by atoms with E-state index in [1.807, 2.05) is 18.2 Å². The largest absolute Gasteiger partial charge is 0.406 e. The second kappa shape index (κ2) is 8.71. The maximum absolute atomic E-state index is 13.4. The summed E-state index contributed by atoms with van der Waals surface area (Å²) in [7, 11) is 0. The topological polar surface area (TPSA) is 57.7 Å². The molecule has 3 amide bonds. The summed E-state index contributed by atoms with van der Waals surface area (Å²) in [6.45, 7) is 1.28. The van der Waals surface area contributed by atoms with Gasteiger partial charge in [0.25, 0.3) is 0 Å². The van der Waals surface area contributed by atoms with E-state index in [4.69, 9.17) is 0 Å². The molecule has 0 radical (unpaired) electrons. The van der Waals surface area contributed by atoms with Crippen molar-refractivity contribution in [3.8, 4) is 0 Å². The highest BCUT2D eigenvalue weighted by Crippen LogP contribution is 2.43. The maximum Gasteiger partial charge on any atom is 0.406 e. The number of piperidine rings is 1. The van der Waals surface area contributed by atoms with Crippen LogP contribution in [0.3, 0.4) is 0 Å². The third kappa shape index (κ3) is 4.45. The molecule has 0 bridgehead atoms. The van der Waals surface area contributed by atoms with Gasteiger partial charge in [-0.15, -0.1) is 0 Å². The molecule has 172 valence electrons. The van der Waals surface area contributed by atoms with Crippen LogP contribution in [-0.4, -0.2) is 53.3 Å². The number of amides is 3. The van der Waals surface area contributed by atoms with E-state index in [1.165, 1.54) is 11.6 Å². The minimum absolute atomic E-state index is 0.231. The normalized spacial score (nSPS) is 28.9. The molecule has 1 aromatic rings. The predicted molar refractivity (Wildman–Crippen MR) is 111 cm³/mol. The van der Waals surface area contributed by atoms with Gasteiger partial charge in [0.2, 0.25) is 17.7 Å². The molecule has 0 spiro atoms. The number of benzene rings is 1. The smallest absolute Gasteiger partial charge is 0.342 e. The number of carbonyl (C=O) groups is 3. The maximum atomic E-state index is 13.4. The van der Waals surface area contributed by atoms with Gasteiger partial charge in [0, 0.05) is 13.1 Å². The van der Waals surface area contributed by atoms with Crippen LogP contribution in [0.1, 0.15) is 25.3 Å². The monoisotopic (exact) mass is 448 g/mol. The zero-order chi connectivity index (χ0) is 23.0. The fourth-order valence-corrected chi connectivity index (χ4v) is 5.33. The molecule has 32 heavy (non-hydrogen) atoms. The highest BCUT2D eigenvalue weighted by molar-refractivity contribution is 6.08. The van der Waals surface area contributed by atoms with Crippen molar-refractivity contribution in [2.24, 2.45) is 29.6 Å². The molecule has 2 fully saturated rings. The van der Waals surface area contributed by atoms with Crippen LogP contribution in [0, 0.1) is 29.6 Å². The Kier molecular flexibility index (Phi) is 6.14. The summed E-state index contributed by atoms with van der Waals surface area (Å²) in [5, 5.41) is 0. The zero-order valence-corrected chi connectivity index (χ0v) is 17.9.